The predicted octanol–water partition coefficient (Wildman–Crippen LogP) is 3.16. The van der Waals surface area contributed by atoms with Crippen molar-refractivity contribution in [2.24, 2.45) is 0 Å². The Balaban J connectivity index is 2.02. The molecule has 0 spiro atoms. The van der Waals surface area contributed by atoms with E-state index in [1.165, 1.54) is 0 Å². The van der Waals surface area contributed by atoms with Crippen LogP contribution in [0.4, 0.5) is 10.6 Å². The number of likely N-dealkylation sites (tertiary alicyclic amines) is 1. The molecule has 5 nitrogen and oxygen atoms in total. The SMILES string of the molecule is Cc1cccc(NC2CCCN2C(=O)OC(C)(C)C)n1. The summed E-state index contributed by atoms with van der Waals surface area (Å²) in [6.07, 6.45) is 1.58. The molecule has 5 heteroatoms. The fraction of sp³-hybridized carbons (Fsp3) is 0.600. The third kappa shape index (κ3) is 3.85. The summed E-state index contributed by atoms with van der Waals surface area (Å²) in [6, 6.07) is 5.82. The van der Waals surface area contributed by atoms with Crippen LogP contribution in [0.25, 0.3) is 0 Å². The van der Waals surface area contributed by atoms with Crippen molar-refractivity contribution in [3.8, 4) is 0 Å². The van der Waals surface area contributed by atoms with E-state index < -0.39 is 5.60 Å². The monoisotopic (exact) mass is 277 g/mol. The maximum atomic E-state index is 12.2. The summed E-state index contributed by atoms with van der Waals surface area (Å²) < 4.78 is 5.44. The number of carbonyl (C=O) groups excluding carboxylic acids is 1. The Kier molecular flexibility index (Phi) is 4.16. The number of pyridine rings is 1. The molecule has 1 amide bonds. The molecule has 1 aliphatic rings. The largest absolute Gasteiger partial charge is 0.444 e. The van der Waals surface area contributed by atoms with Crippen LogP contribution in [0.5, 0.6) is 0 Å². The molecule has 2 rings (SSSR count). The van der Waals surface area contributed by atoms with Crippen LogP contribution in [-0.2, 0) is 4.74 Å². The zero-order valence-electron chi connectivity index (χ0n) is 12.6. The van der Waals surface area contributed by atoms with Crippen LogP contribution in [0, 0.1) is 6.92 Å². The van der Waals surface area contributed by atoms with Crippen LogP contribution in [0.15, 0.2) is 18.2 Å². The Morgan fingerprint density at radius 2 is 2.20 bits per heavy atom. The number of nitrogens with one attached hydrogen (secondary N) is 1. The molecule has 0 aliphatic carbocycles. The van der Waals surface area contributed by atoms with E-state index >= 15 is 0 Å². The predicted molar refractivity (Wildman–Crippen MR) is 78.6 cm³/mol. The number of nitrogens with zero attached hydrogens (tertiary/aromatic N) is 2. The maximum Gasteiger partial charge on any atom is 0.411 e. The van der Waals surface area contributed by atoms with Crippen LogP contribution >= 0.6 is 0 Å². The molecule has 1 atom stereocenters. The van der Waals surface area contributed by atoms with Crippen LogP contribution in [0.3, 0.4) is 0 Å². The second kappa shape index (κ2) is 5.69. The molecule has 2 heterocycles. The quantitative estimate of drug-likeness (QED) is 0.902. The second-order valence-corrected chi connectivity index (χ2v) is 6.14. The molecule has 1 fully saturated rings. The minimum atomic E-state index is -0.466. The number of hydrogen-bond donors (Lipinski definition) is 1. The van der Waals surface area contributed by atoms with Gasteiger partial charge >= 0.3 is 6.09 Å². The van der Waals surface area contributed by atoms with E-state index in [0.29, 0.717) is 0 Å². The van der Waals surface area contributed by atoms with Gasteiger partial charge in [-0.3, -0.25) is 4.90 Å². The molecule has 1 saturated heterocycles. The Morgan fingerprint density at radius 1 is 1.45 bits per heavy atom. The van der Waals surface area contributed by atoms with Gasteiger partial charge in [-0.1, -0.05) is 6.07 Å². The summed E-state index contributed by atoms with van der Waals surface area (Å²) in [5, 5.41) is 3.31. The first kappa shape index (κ1) is 14.6. The van der Waals surface area contributed by atoms with Crippen LogP contribution in [0.1, 0.15) is 39.3 Å². The third-order valence-corrected chi connectivity index (χ3v) is 3.08. The fourth-order valence-corrected chi connectivity index (χ4v) is 2.25. The average molecular weight is 277 g/mol. The lowest BCUT2D eigenvalue weighted by Gasteiger charge is -2.29. The summed E-state index contributed by atoms with van der Waals surface area (Å²) in [6.45, 7) is 8.31. The summed E-state index contributed by atoms with van der Waals surface area (Å²) in [5.41, 5.74) is 0.489. The minimum Gasteiger partial charge on any atom is -0.444 e. The smallest absolute Gasteiger partial charge is 0.411 e. The van der Waals surface area contributed by atoms with Gasteiger partial charge in [-0.15, -0.1) is 0 Å². The van der Waals surface area contributed by atoms with E-state index in [4.69, 9.17) is 4.74 Å². The lowest BCUT2D eigenvalue weighted by atomic mass is 10.2. The van der Waals surface area contributed by atoms with Crippen LogP contribution in [0.2, 0.25) is 0 Å². The highest BCUT2D eigenvalue weighted by molar-refractivity contribution is 5.69. The van der Waals surface area contributed by atoms with Gasteiger partial charge in [0.05, 0.1) is 0 Å². The summed E-state index contributed by atoms with van der Waals surface area (Å²) >= 11 is 0. The number of amides is 1. The van der Waals surface area contributed by atoms with Crippen molar-refractivity contribution >= 4 is 11.9 Å². The lowest BCUT2D eigenvalue weighted by molar-refractivity contribution is 0.0244. The highest BCUT2D eigenvalue weighted by atomic mass is 16.6. The van der Waals surface area contributed by atoms with E-state index in [9.17, 15) is 4.79 Å². The molecule has 1 N–H and O–H groups in total. The van der Waals surface area contributed by atoms with Gasteiger partial charge in [0.2, 0.25) is 0 Å². The summed E-state index contributed by atoms with van der Waals surface area (Å²) in [7, 11) is 0. The normalized spacial score (nSPS) is 19.0. The highest BCUT2D eigenvalue weighted by Crippen LogP contribution is 2.22. The molecule has 1 aromatic rings. The Hall–Kier alpha value is -1.78. The van der Waals surface area contributed by atoms with E-state index in [1.54, 1.807) is 4.90 Å². The van der Waals surface area contributed by atoms with Crippen molar-refractivity contribution < 1.29 is 9.53 Å². The lowest BCUT2D eigenvalue weighted by Crippen LogP contribution is -2.43. The van der Waals surface area contributed by atoms with Crippen LogP contribution in [-0.4, -0.2) is 34.3 Å². The molecule has 0 bridgehead atoms. The molecular weight excluding hydrogens is 254 g/mol. The van der Waals surface area contributed by atoms with Gasteiger partial charge in [0.15, 0.2) is 0 Å². The van der Waals surface area contributed by atoms with Crippen molar-refractivity contribution in [1.29, 1.82) is 0 Å². The number of anilines is 1. The Morgan fingerprint density at radius 3 is 2.85 bits per heavy atom. The van der Waals surface area contributed by atoms with Crippen molar-refractivity contribution in [3.05, 3.63) is 23.9 Å². The molecule has 0 radical (unpaired) electrons. The molecular formula is C15H23N3O2. The van der Waals surface area contributed by atoms with Gasteiger partial charge in [0.1, 0.15) is 17.6 Å². The number of rotatable bonds is 2. The molecule has 1 aromatic heterocycles. The third-order valence-electron chi connectivity index (χ3n) is 3.08. The Labute approximate surface area is 120 Å². The number of carbonyl (C=O) groups is 1. The Bertz CT molecular complexity index is 482. The van der Waals surface area contributed by atoms with Crippen molar-refractivity contribution in [2.45, 2.75) is 52.3 Å². The van der Waals surface area contributed by atoms with Crippen LogP contribution < -0.4 is 5.32 Å². The zero-order valence-corrected chi connectivity index (χ0v) is 12.6. The number of hydrogen-bond acceptors (Lipinski definition) is 4. The van der Waals surface area contributed by atoms with E-state index in [-0.39, 0.29) is 12.3 Å². The maximum absolute atomic E-state index is 12.2. The molecule has 0 aromatic carbocycles. The number of ether oxygens (including phenoxy) is 1. The van der Waals surface area contributed by atoms with Crippen molar-refractivity contribution in [2.75, 3.05) is 11.9 Å². The van der Waals surface area contributed by atoms with Crippen molar-refractivity contribution in [1.82, 2.24) is 9.88 Å². The average Bonchev–Trinajstić information content (AvgIpc) is 2.75. The van der Waals surface area contributed by atoms with E-state index in [0.717, 1.165) is 30.9 Å². The zero-order chi connectivity index (χ0) is 14.8. The van der Waals surface area contributed by atoms with Gasteiger partial charge in [-0.2, -0.15) is 0 Å². The number of aryl methyl sites for hydroxylation is 1. The highest BCUT2D eigenvalue weighted by Gasteiger charge is 2.32. The van der Waals surface area contributed by atoms with E-state index in [1.807, 2.05) is 45.9 Å². The van der Waals surface area contributed by atoms with Gasteiger partial charge in [0, 0.05) is 12.2 Å². The molecule has 1 unspecified atom stereocenters. The van der Waals surface area contributed by atoms with E-state index in [2.05, 4.69) is 10.3 Å². The van der Waals surface area contributed by atoms with Gasteiger partial charge in [0.25, 0.3) is 0 Å². The summed E-state index contributed by atoms with van der Waals surface area (Å²) in [4.78, 5) is 18.3. The first-order valence-electron chi connectivity index (χ1n) is 7.05. The number of aromatic nitrogens is 1. The molecule has 1 aliphatic heterocycles. The topological polar surface area (TPSA) is 54.5 Å². The fourth-order valence-electron chi connectivity index (χ4n) is 2.25. The summed E-state index contributed by atoms with van der Waals surface area (Å²) in [5.74, 6) is 0.797. The molecule has 20 heavy (non-hydrogen) atoms. The van der Waals surface area contributed by atoms with Crippen molar-refractivity contribution in [3.63, 3.8) is 0 Å². The standard InChI is InChI=1S/C15H23N3O2/c1-11-7-5-8-12(16-11)17-13-9-6-10-18(13)14(19)20-15(2,3)4/h5,7-8,13H,6,9-10H2,1-4H3,(H,16,17). The van der Waals surface area contributed by atoms with Gasteiger partial charge < -0.3 is 10.1 Å². The second-order valence-electron chi connectivity index (χ2n) is 6.14. The van der Waals surface area contributed by atoms with Gasteiger partial charge in [-0.25, -0.2) is 9.78 Å². The van der Waals surface area contributed by atoms with Gasteiger partial charge in [-0.05, 0) is 52.7 Å². The molecule has 110 valence electrons. The minimum absolute atomic E-state index is 0.0425. The first-order valence-corrected chi connectivity index (χ1v) is 7.05. The first-order chi connectivity index (χ1) is 9.35. The molecule has 0 saturated carbocycles.